The summed E-state index contributed by atoms with van der Waals surface area (Å²) < 4.78 is 5.57. The van der Waals surface area contributed by atoms with Crippen molar-refractivity contribution in [3.8, 4) is 0 Å². The fourth-order valence-corrected chi connectivity index (χ4v) is 3.60. The van der Waals surface area contributed by atoms with Crippen LogP contribution in [0.4, 0.5) is 5.69 Å². The first-order chi connectivity index (χ1) is 11.8. The predicted molar refractivity (Wildman–Crippen MR) is 108 cm³/mol. The Labute approximate surface area is 158 Å². The van der Waals surface area contributed by atoms with Gasteiger partial charge in [-0.15, -0.1) is 0 Å². The fourth-order valence-electron chi connectivity index (χ4n) is 3.60. The third-order valence-corrected chi connectivity index (χ3v) is 4.97. The van der Waals surface area contributed by atoms with Crippen LogP contribution in [0.3, 0.4) is 0 Å². The van der Waals surface area contributed by atoms with Crippen molar-refractivity contribution >= 4 is 11.6 Å². The smallest absolute Gasteiger partial charge is 0.230 e. The van der Waals surface area contributed by atoms with Gasteiger partial charge in [0.2, 0.25) is 5.91 Å². The quantitative estimate of drug-likeness (QED) is 0.635. The summed E-state index contributed by atoms with van der Waals surface area (Å²) in [6.07, 6.45) is 13.2. The van der Waals surface area contributed by atoms with Crippen molar-refractivity contribution < 1.29 is 9.21 Å². The Morgan fingerprint density at radius 2 is 1.69 bits per heavy atom. The summed E-state index contributed by atoms with van der Waals surface area (Å²) in [7, 11) is 0. The first-order valence-corrected chi connectivity index (χ1v) is 9.04. The maximum absolute atomic E-state index is 13.4. The van der Waals surface area contributed by atoms with E-state index in [4.69, 9.17) is 4.42 Å². The molecule has 0 bridgehead atoms. The van der Waals surface area contributed by atoms with E-state index in [9.17, 15) is 4.79 Å². The van der Waals surface area contributed by atoms with Crippen LogP contribution >= 0.6 is 0 Å². The number of rotatable bonds is 4. The number of aromatic nitrogens is 1. The molecular formula is C22H34N2O2. The standard InChI is InChI=1S/C20H26N2O2.2CH4/c1-16(19-10-7-15-24-19)22(18-11-13-21-14-12-18)20(23)17-8-5-3-2-4-6-9-17;;/h7,10-17H,2-6,8-9H2,1H3;2*1H4. The molecule has 0 spiro atoms. The minimum absolute atomic E-state index is 0. The van der Waals surface area contributed by atoms with Crippen molar-refractivity contribution in [1.29, 1.82) is 0 Å². The van der Waals surface area contributed by atoms with Crippen LogP contribution in [0.15, 0.2) is 47.3 Å². The lowest BCUT2D eigenvalue weighted by molar-refractivity contribution is -0.123. The lowest BCUT2D eigenvalue weighted by Crippen LogP contribution is -2.38. The second-order valence-electron chi connectivity index (χ2n) is 6.65. The summed E-state index contributed by atoms with van der Waals surface area (Å²) in [5, 5.41) is 0. The molecule has 2 heterocycles. The molecule has 2 aromatic rings. The molecular weight excluding hydrogens is 324 g/mol. The Morgan fingerprint density at radius 1 is 1.08 bits per heavy atom. The van der Waals surface area contributed by atoms with E-state index in [0.717, 1.165) is 37.1 Å². The average molecular weight is 359 g/mol. The zero-order chi connectivity index (χ0) is 16.8. The highest BCUT2D eigenvalue weighted by atomic mass is 16.3. The van der Waals surface area contributed by atoms with Crippen molar-refractivity contribution in [2.75, 3.05) is 4.90 Å². The minimum atomic E-state index is -0.125. The number of carbonyl (C=O) groups is 1. The van der Waals surface area contributed by atoms with Gasteiger partial charge in [0.25, 0.3) is 0 Å². The summed E-state index contributed by atoms with van der Waals surface area (Å²) in [6.45, 7) is 2.03. The van der Waals surface area contributed by atoms with E-state index in [-0.39, 0.29) is 32.7 Å². The van der Waals surface area contributed by atoms with E-state index in [1.807, 2.05) is 36.1 Å². The van der Waals surface area contributed by atoms with E-state index in [0.29, 0.717) is 0 Å². The number of hydrogen-bond donors (Lipinski definition) is 0. The zero-order valence-electron chi connectivity index (χ0n) is 14.4. The largest absolute Gasteiger partial charge is 0.467 e. The number of furan rings is 1. The maximum atomic E-state index is 13.4. The van der Waals surface area contributed by atoms with E-state index < -0.39 is 0 Å². The minimum Gasteiger partial charge on any atom is -0.467 e. The highest BCUT2D eigenvalue weighted by molar-refractivity contribution is 5.95. The van der Waals surface area contributed by atoms with Crippen molar-refractivity contribution in [3.05, 3.63) is 48.7 Å². The summed E-state index contributed by atoms with van der Waals surface area (Å²) >= 11 is 0. The summed E-state index contributed by atoms with van der Waals surface area (Å²) in [6, 6.07) is 7.49. The molecule has 1 fully saturated rings. The van der Waals surface area contributed by atoms with E-state index >= 15 is 0 Å². The molecule has 4 heteroatoms. The molecule has 2 aromatic heterocycles. The molecule has 1 unspecified atom stereocenters. The molecule has 1 aliphatic rings. The van der Waals surface area contributed by atoms with Crippen LogP contribution in [0, 0.1) is 5.92 Å². The van der Waals surface area contributed by atoms with Crippen LogP contribution in [0.5, 0.6) is 0 Å². The van der Waals surface area contributed by atoms with E-state index in [2.05, 4.69) is 4.98 Å². The second kappa shape index (κ2) is 10.8. The molecule has 144 valence electrons. The number of carbonyl (C=O) groups excluding carboxylic acids is 1. The SMILES string of the molecule is C.C.CC(c1ccco1)N(C(=O)C1CCCCCCC1)c1ccncc1. The van der Waals surface area contributed by atoms with Crippen LogP contribution in [-0.4, -0.2) is 10.9 Å². The van der Waals surface area contributed by atoms with Gasteiger partial charge in [0.1, 0.15) is 5.76 Å². The summed E-state index contributed by atoms with van der Waals surface area (Å²) in [5.74, 6) is 1.13. The Kier molecular flexibility index (Phi) is 9.11. The van der Waals surface area contributed by atoms with Gasteiger partial charge in [-0.3, -0.25) is 9.78 Å². The Balaban J connectivity index is 0.00000169. The molecule has 4 nitrogen and oxygen atoms in total. The predicted octanol–water partition coefficient (Wildman–Crippen LogP) is 6.40. The molecule has 1 atom stereocenters. The number of pyridine rings is 1. The van der Waals surface area contributed by atoms with Crippen LogP contribution < -0.4 is 4.90 Å². The van der Waals surface area contributed by atoms with Gasteiger partial charge in [-0.2, -0.15) is 0 Å². The van der Waals surface area contributed by atoms with Gasteiger partial charge in [-0.25, -0.2) is 0 Å². The molecule has 0 aromatic carbocycles. The van der Waals surface area contributed by atoms with Gasteiger partial charge in [-0.1, -0.05) is 47.0 Å². The Morgan fingerprint density at radius 3 is 2.27 bits per heavy atom. The second-order valence-corrected chi connectivity index (χ2v) is 6.65. The lowest BCUT2D eigenvalue weighted by atomic mass is 9.89. The number of anilines is 1. The van der Waals surface area contributed by atoms with Crippen LogP contribution in [0.25, 0.3) is 0 Å². The van der Waals surface area contributed by atoms with Crippen LogP contribution in [0.1, 0.15) is 78.5 Å². The maximum Gasteiger partial charge on any atom is 0.230 e. The lowest BCUT2D eigenvalue weighted by Gasteiger charge is -2.32. The molecule has 1 aliphatic carbocycles. The highest BCUT2D eigenvalue weighted by Gasteiger charge is 2.30. The van der Waals surface area contributed by atoms with Crippen molar-refractivity contribution in [2.45, 2.75) is 72.8 Å². The van der Waals surface area contributed by atoms with Crippen molar-refractivity contribution in [3.63, 3.8) is 0 Å². The topological polar surface area (TPSA) is 46.3 Å². The molecule has 0 N–H and O–H groups in total. The van der Waals surface area contributed by atoms with Gasteiger partial charge < -0.3 is 9.32 Å². The number of hydrogen-bond acceptors (Lipinski definition) is 3. The Hall–Kier alpha value is -2.10. The van der Waals surface area contributed by atoms with Gasteiger partial charge in [0, 0.05) is 24.0 Å². The fraction of sp³-hybridized carbons (Fsp3) is 0.545. The molecule has 3 rings (SSSR count). The molecule has 1 saturated carbocycles. The van der Waals surface area contributed by atoms with Gasteiger partial charge in [0.15, 0.2) is 0 Å². The van der Waals surface area contributed by atoms with Crippen LogP contribution in [-0.2, 0) is 4.79 Å². The monoisotopic (exact) mass is 358 g/mol. The highest BCUT2D eigenvalue weighted by Crippen LogP contribution is 2.32. The first kappa shape index (κ1) is 21.9. The summed E-state index contributed by atoms with van der Waals surface area (Å²) in [4.78, 5) is 19.3. The van der Waals surface area contributed by atoms with Gasteiger partial charge in [-0.05, 0) is 44.0 Å². The van der Waals surface area contributed by atoms with E-state index in [1.54, 1.807) is 18.7 Å². The molecule has 26 heavy (non-hydrogen) atoms. The van der Waals surface area contributed by atoms with Crippen molar-refractivity contribution in [2.24, 2.45) is 5.92 Å². The molecule has 0 aliphatic heterocycles. The zero-order valence-corrected chi connectivity index (χ0v) is 14.4. The summed E-state index contributed by atoms with van der Waals surface area (Å²) in [5.41, 5.74) is 0.890. The number of nitrogens with zero attached hydrogens (tertiary/aromatic N) is 2. The molecule has 0 saturated heterocycles. The molecule has 0 radical (unpaired) electrons. The third kappa shape index (κ3) is 5.20. The van der Waals surface area contributed by atoms with Gasteiger partial charge in [0.05, 0.1) is 12.3 Å². The van der Waals surface area contributed by atoms with Crippen molar-refractivity contribution in [1.82, 2.24) is 4.98 Å². The average Bonchev–Trinajstić information content (AvgIpc) is 3.10. The third-order valence-electron chi connectivity index (χ3n) is 4.97. The Bertz CT molecular complexity index is 617. The van der Waals surface area contributed by atoms with Crippen LogP contribution in [0.2, 0.25) is 0 Å². The van der Waals surface area contributed by atoms with E-state index in [1.165, 1.54) is 19.3 Å². The normalized spacial score (nSPS) is 16.3. The number of amides is 1. The van der Waals surface area contributed by atoms with Gasteiger partial charge >= 0.3 is 0 Å². The first-order valence-electron chi connectivity index (χ1n) is 9.04. The molecule has 1 amide bonds.